The fourth-order valence-electron chi connectivity index (χ4n) is 5.05. The number of nitrogens with zero attached hydrogens (tertiary/aromatic N) is 1. The second-order valence-corrected chi connectivity index (χ2v) is 8.43. The van der Waals surface area contributed by atoms with Gasteiger partial charge in [-0.3, -0.25) is 4.79 Å². The molecule has 22 heavy (non-hydrogen) atoms. The Kier molecular flexibility index (Phi) is 2.76. The molecule has 0 radical (unpaired) electrons. The van der Waals surface area contributed by atoms with Crippen LogP contribution in [0.2, 0.25) is 0 Å². The Balaban J connectivity index is 1.65. The molecule has 2 heterocycles. The predicted octanol–water partition coefficient (Wildman–Crippen LogP) is 4.21. The van der Waals surface area contributed by atoms with E-state index < -0.39 is 0 Å². The van der Waals surface area contributed by atoms with Gasteiger partial charge in [-0.05, 0) is 54.4 Å². The largest absolute Gasteiger partial charge is 0.361 e. The highest BCUT2D eigenvalue weighted by molar-refractivity contribution is 5.98. The zero-order chi connectivity index (χ0) is 15.5. The number of fused-ring (bicyclic) bond motifs is 3. The van der Waals surface area contributed by atoms with Crippen molar-refractivity contribution in [3.05, 3.63) is 36.0 Å². The van der Waals surface area contributed by atoms with E-state index in [0.29, 0.717) is 16.9 Å². The third kappa shape index (κ3) is 2.15. The summed E-state index contributed by atoms with van der Waals surface area (Å²) in [5, 5.41) is 1.11. The second kappa shape index (κ2) is 4.37. The average Bonchev–Trinajstić information content (AvgIpc) is 2.97. The first kappa shape index (κ1) is 13.9. The molecule has 2 bridgehead atoms. The van der Waals surface area contributed by atoms with E-state index in [2.05, 4.69) is 30.7 Å². The Morgan fingerprint density at radius 1 is 1.23 bits per heavy atom. The van der Waals surface area contributed by atoms with E-state index in [-0.39, 0.29) is 5.91 Å². The average molecular weight is 296 g/mol. The van der Waals surface area contributed by atoms with Gasteiger partial charge >= 0.3 is 0 Å². The number of hydrogen-bond acceptors (Lipinski definition) is 1. The molecule has 1 aliphatic carbocycles. The maximum Gasteiger partial charge on any atom is 0.254 e. The van der Waals surface area contributed by atoms with Gasteiger partial charge < -0.3 is 9.88 Å². The van der Waals surface area contributed by atoms with Crippen molar-refractivity contribution in [2.45, 2.75) is 46.1 Å². The van der Waals surface area contributed by atoms with Crippen molar-refractivity contribution in [1.82, 2.24) is 9.88 Å². The number of nitrogens with one attached hydrogen (secondary N) is 1. The van der Waals surface area contributed by atoms with E-state index >= 15 is 0 Å². The fourth-order valence-corrected chi connectivity index (χ4v) is 5.05. The smallest absolute Gasteiger partial charge is 0.254 e. The van der Waals surface area contributed by atoms with Crippen LogP contribution in [0, 0.1) is 10.8 Å². The number of benzene rings is 1. The van der Waals surface area contributed by atoms with Crippen molar-refractivity contribution in [2.75, 3.05) is 6.54 Å². The molecule has 3 heteroatoms. The lowest BCUT2D eigenvalue weighted by molar-refractivity contribution is 0.0708. The van der Waals surface area contributed by atoms with Gasteiger partial charge in [0.25, 0.3) is 5.91 Å². The third-order valence-corrected chi connectivity index (χ3v) is 5.48. The highest BCUT2D eigenvalue weighted by atomic mass is 16.2. The first-order valence-electron chi connectivity index (χ1n) is 8.24. The number of rotatable bonds is 1. The molecule has 2 fully saturated rings. The van der Waals surface area contributed by atoms with Gasteiger partial charge in [0.05, 0.1) is 0 Å². The first-order valence-corrected chi connectivity index (χ1v) is 8.24. The highest BCUT2D eigenvalue weighted by Crippen LogP contribution is 2.52. The van der Waals surface area contributed by atoms with Gasteiger partial charge in [0.1, 0.15) is 0 Å². The quantitative estimate of drug-likeness (QED) is 0.841. The van der Waals surface area contributed by atoms with E-state index in [1.807, 2.05) is 30.5 Å². The van der Waals surface area contributed by atoms with Crippen LogP contribution < -0.4 is 0 Å². The normalized spacial score (nSPS) is 30.0. The van der Waals surface area contributed by atoms with Crippen LogP contribution in [0.5, 0.6) is 0 Å². The van der Waals surface area contributed by atoms with Crippen LogP contribution in [-0.4, -0.2) is 28.4 Å². The summed E-state index contributed by atoms with van der Waals surface area (Å²) in [5.74, 6) is 0.203. The molecule has 1 N–H and O–H groups in total. The summed E-state index contributed by atoms with van der Waals surface area (Å²) in [6, 6.07) is 8.42. The molecular weight excluding hydrogens is 272 g/mol. The van der Waals surface area contributed by atoms with Gasteiger partial charge in [-0.1, -0.05) is 20.8 Å². The van der Waals surface area contributed by atoms with Crippen LogP contribution >= 0.6 is 0 Å². The number of aromatic nitrogens is 1. The lowest BCUT2D eigenvalue weighted by Gasteiger charge is -2.39. The molecule has 1 saturated carbocycles. The van der Waals surface area contributed by atoms with Gasteiger partial charge in [0, 0.05) is 35.2 Å². The first-order chi connectivity index (χ1) is 10.4. The Labute approximate surface area is 131 Å². The van der Waals surface area contributed by atoms with Crippen LogP contribution in [0.4, 0.5) is 0 Å². The van der Waals surface area contributed by atoms with Crippen molar-refractivity contribution >= 4 is 16.8 Å². The van der Waals surface area contributed by atoms with Gasteiger partial charge in [-0.15, -0.1) is 0 Å². The van der Waals surface area contributed by atoms with Gasteiger partial charge in [0.2, 0.25) is 0 Å². The van der Waals surface area contributed by atoms with E-state index in [1.54, 1.807) is 0 Å². The van der Waals surface area contributed by atoms with Crippen LogP contribution in [0.1, 0.15) is 50.4 Å². The number of hydrogen-bond donors (Lipinski definition) is 1. The minimum atomic E-state index is 0.203. The summed E-state index contributed by atoms with van der Waals surface area (Å²) in [6.07, 6.45) is 5.43. The van der Waals surface area contributed by atoms with E-state index in [4.69, 9.17) is 0 Å². The molecule has 2 aromatic rings. The number of amides is 1. The zero-order valence-electron chi connectivity index (χ0n) is 13.6. The molecule has 0 unspecified atom stereocenters. The molecular formula is C19H24N2O. The van der Waals surface area contributed by atoms with Crippen molar-refractivity contribution in [3.8, 4) is 0 Å². The summed E-state index contributed by atoms with van der Waals surface area (Å²) in [5.41, 5.74) is 2.54. The lowest BCUT2D eigenvalue weighted by atomic mass is 9.65. The molecule has 1 saturated heterocycles. The van der Waals surface area contributed by atoms with Crippen molar-refractivity contribution < 1.29 is 4.79 Å². The fraction of sp³-hybridized carbons (Fsp3) is 0.526. The molecule has 1 amide bonds. The molecule has 3 nitrogen and oxygen atoms in total. The number of H-pyrrole nitrogens is 1. The third-order valence-electron chi connectivity index (χ3n) is 5.48. The zero-order valence-corrected chi connectivity index (χ0v) is 13.6. The number of likely N-dealkylation sites (tertiary alicyclic amines) is 1. The van der Waals surface area contributed by atoms with Crippen molar-refractivity contribution in [3.63, 3.8) is 0 Å². The molecule has 2 atom stereocenters. The summed E-state index contributed by atoms with van der Waals surface area (Å²) in [6.45, 7) is 7.95. The Morgan fingerprint density at radius 3 is 2.86 bits per heavy atom. The summed E-state index contributed by atoms with van der Waals surface area (Å²) in [4.78, 5) is 18.3. The predicted molar refractivity (Wildman–Crippen MR) is 88.9 cm³/mol. The maximum absolute atomic E-state index is 13.0. The van der Waals surface area contributed by atoms with E-state index in [0.717, 1.165) is 35.9 Å². The van der Waals surface area contributed by atoms with E-state index in [9.17, 15) is 4.79 Å². The number of carbonyl (C=O) groups is 1. The highest BCUT2D eigenvalue weighted by Gasteiger charge is 2.50. The topological polar surface area (TPSA) is 36.1 Å². The summed E-state index contributed by atoms with van der Waals surface area (Å²) in [7, 11) is 0. The number of aromatic amines is 1. The van der Waals surface area contributed by atoms with Crippen LogP contribution in [0.3, 0.4) is 0 Å². The minimum absolute atomic E-state index is 0.203. The van der Waals surface area contributed by atoms with Gasteiger partial charge in [-0.25, -0.2) is 0 Å². The molecule has 4 rings (SSSR count). The van der Waals surface area contributed by atoms with Gasteiger partial charge in [0.15, 0.2) is 0 Å². The molecule has 1 aromatic carbocycles. The molecule has 0 spiro atoms. The van der Waals surface area contributed by atoms with Gasteiger partial charge in [-0.2, -0.15) is 0 Å². The van der Waals surface area contributed by atoms with E-state index in [1.165, 1.54) is 6.42 Å². The monoisotopic (exact) mass is 296 g/mol. The second-order valence-electron chi connectivity index (χ2n) is 8.43. The van der Waals surface area contributed by atoms with Crippen molar-refractivity contribution in [1.29, 1.82) is 0 Å². The minimum Gasteiger partial charge on any atom is -0.361 e. The Morgan fingerprint density at radius 2 is 2.05 bits per heavy atom. The molecule has 116 valence electrons. The van der Waals surface area contributed by atoms with Crippen LogP contribution in [0.25, 0.3) is 10.9 Å². The van der Waals surface area contributed by atoms with Crippen LogP contribution in [-0.2, 0) is 0 Å². The lowest BCUT2D eigenvalue weighted by Crippen LogP contribution is -2.37. The molecule has 2 aliphatic rings. The van der Waals surface area contributed by atoms with Crippen LogP contribution in [0.15, 0.2) is 30.5 Å². The summed E-state index contributed by atoms with van der Waals surface area (Å²) < 4.78 is 0. The number of carbonyl (C=O) groups excluding carboxylic acids is 1. The SMILES string of the molecule is CC1(C)C[C@@H]2C[C@](C)(CN2C(=O)c2ccc3[nH]ccc3c2)C1. The summed E-state index contributed by atoms with van der Waals surface area (Å²) >= 11 is 0. The molecule has 1 aromatic heterocycles. The standard InChI is InChI=1S/C19H24N2O/c1-18(2)9-15-10-19(3,11-18)12-21(15)17(22)14-4-5-16-13(8-14)6-7-20-16/h4-8,15,20H,9-12H2,1-3H3/t15-,19+/m1/s1. The Hall–Kier alpha value is -1.77. The Bertz CT molecular complexity index is 745. The molecule has 1 aliphatic heterocycles. The maximum atomic E-state index is 13.0. The van der Waals surface area contributed by atoms with Crippen molar-refractivity contribution in [2.24, 2.45) is 10.8 Å².